The Labute approximate surface area is 193 Å². The molecule has 1 aliphatic rings. The van der Waals surface area contributed by atoms with Gasteiger partial charge in [0.2, 0.25) is 5.91 Å². The molecule has 3 aromatic rings. The normalized spacial score (nSPS) is 15.2. The molecule has 0 unspecified atom stereocenters. The van der Waals surface area contributed by atoms with Crippen LogP contribution in [0.5, 0.6) is 0 Å². The van der Waals surface area contributed by atoms with Gasteiger partial charge in [-0.2, -0.15) is 0 Å². The van der Waals surface area contributed by atoms with Crippen LogP contribution in [0.15, 0.2) is 84.9 Å². The van der Waals surface area contributed by atoms with Crippen molar-refractivity contribution in [3.8, 4) is 0 Å². The highest BCUT2D eigenvalue weighted by Crippen LogP contribution is 2.24. The summed E-state index contributed by atoms with van der Waals surface area (Å²) in [5.74, 6) is -0.106. The van der Waals surface area contributed by atoms with Gasteiger partial charge in [0.25, 0.3) is 5.91 Å². The van der Waals surface area contributed by atoms with E-state index < -0.39 is 6.04 Å². The summed E-state index contributed by atoms with van der Waals surface area (Å²) in [6.07, 6.45) is 0. The molecule has 32 heavy (non-hydrogen) atoms. The van der Waals surface area contributed by atoms with Crippen molar-refractivity contribution in [2.24, 2.45) is 0 Å². The summed E-state index contributed by atoms with van der Waals surface area (Å²) in [4.78, 5) is 30.1. The van der Waals surface area contributed by atoms with E-state index in [0.717, 1.165) is 11.1 Å². The Morgan fingerprint density at radius 3 is 2.06 bits per heavy atom. The van der Waals surface area contributed by atoms with Gasteiger partial charge in [-0.3, -0.25) is 14.5 Å². The number of amides is 2. The Hall–Kier alpha value is -3.15. The highest BCUT2D eigenvalue weighted by atomic mass is 35.5. The fraction of sp³-hybridized carbons (Fsp3) is 0.231. The summed E-state index contributed by atoms with van der Waals surface area (Å²) in [5, 5.41) is 3.54. The second-order valence-electron chi connectivity index (χ2n) is 7.82. The van der Waals surface area contributed by atoms with Crippen molar-refractivity contribution < 1.29 is 9.59 Å². The van der Waals surface area contributed by atoms with Crippen LogP contribution in [-0.4, -0.2) is 47.8 Å². The zero-order valence-electron chi connectivity index (χ0n) is 17.8. The summed E-state index contributed by atoms with van der Waals surface area (Å²) in [5.41, 5.74) is 2.52. The van der Waals surface area contributed by atoms with Crippen LogP contribution in [0.3, 0.4) is 0 Å². The minimum absolute atomic E-state index is 0.0362. The lowest BCUT2D eigenvalue weighted by atomic mass is 10.0. The first kappa shape index (κ1) is 22.1. The number of halogens is 1. The monoisotopic (exact) mass is 447 g/mol. The minimum atomic E-state index is -0.405. The van der Waals surface area contributed by atoms with Gasteiger partial charge >= 0.3 is 0 Å². The number of nitrogens with zero attached hydrogens (tertiary/aromatic N) is 2. The lowest BCUT2D eigenvalue weighted by molar-refractivity contribution is -0.127. The van der Waals surface area contributed by atoms with Crippen molar-refractivity contribution in [2.45, 2.75) is 12.6 Å². The molecule has 1 heterocycles. The minimum Gasteiger partial charge on any atom is -0.350 e. The topological polar surface area (TPSA) is 52.7 Å². The molecule has 1 N–H and O–H groups in total. The number of hydrogen-bond acceptors (Lipinski definition) is 3. The third-order valence-corrected chi connectivity index (χ3v) is 6.07. The van der Waals surface area contributed by atoms with Crippen LogP contribution < -0.4 is 5.32 Å². The van der Waals surface area contributed by atoms with Gasteiger partial charge in [-0.05, 0) is 23.3 Å². The standard InChI is InChI=1S/C26H26ClN3O2/c27-23-14-8-7-13-22(23)26(32)30-17-15-29(16-18-30)24(21-11-5-2-6-12-21)25(31)28-19-20-9-3-1-4-10-20/h1-14,24H,15-19H2,(H,28,31)/t24-/m1/s1. The predicted molar refractivity (Wildman–Crippen MR) is 126 cm³/mol. The molecule has 1 fully saturated rings. The zero-order valence-corrected chi connectivity index (χ0v) is 18.5. The summed E-state index contributed by atoms with van der Waals surface area (Å²) >= 11 is 6.21. The molecule has 6 heteroatoms. The van der Waals surface area contributed by atoms with Crippen molar-refractivity contribution in [2.75, 3.05) is 26.2 Å². The first-order valence-corrected chi connectivity index (χ1v) is 11.2. The lowest BCUT2D eigenvalue weighted by Crippen LogP contribution is -2.52. The SMILES string of the molecule is O=C(NCc1ccccc1)[C@@H](c1ccccc1)N1CCN(C(=O)c2ccccc2Cl)CC1. The molecule has 5 nitrogen and oxygen atoms in total. The molecule has 0 bridgehead atoms. The van der Waals surface area contributed by atoms with E-state index in [1.807, 2.05) is 77.7 Å². The van der Waals surface area contributed by atoms with Gasteiger partial charge in [0.15, 0.2) is 0 Å². The molecular formula is C26H26ClN3O2. The number of nitrogens with one attached hydrogen (secondary N) is 1. The molecule has 0 spiro atoms. The molecule has 0 aliphatic carbocycles. The number of rotatable bonds is 6. The molecule has 0 saturated carbocycles. The van der Waals surface area contributed by atoms with E-state index in [4.69, 9.17) is 11.6 Å². The molecule has 0 radical (unpaired) electrons. The van der Waals surface area contributed by atoms with Crippen molar-refractivity contribution in [1.82, 2.24) is 15.1 Å². The largest absolute Gasteiger partial charge is 0.350 e. The molecule has 3 aromatic carbocycles. The Kier molecular flexibility index (Phi) is 7.20. The highest BCUT2D eigenvalue weighted by Gasteiger charge is 2.32. The third kappa shape index (κ3) is 5.18. The summed E-state index contributed by atoms with van der Waals surface area (Å²) < 4.78 is 0. The van der Waals surface area contributed by atoms with Crippen LogP contribution in [0.1, 0.15) is 27.5 Å². The van der Waals surface area contributed by atoms with E-state index >= 15 is 0 Å². The number of hydrogen-bond donors (Lipinski definition) is 1. The van der Waals surface area contributed by atoms with Gasteiger partial charge < -0.3 is 10.2 Å². The summed E-state index contributed by atoms with van der Waals surface area (Å²) in [6, 6.07) is 26.4. The van der Waals surface area contributed by atoms with Crippen LogP contribution in [0.4, 0.5) is 0 Å². The van der Waals surface area contributed by atoms with Crippen LogP contribution in [0.25, 0.3) is 0 Å². The van der Waals surface area contributed by atoms with Gasteiger partial charge in [-0.15, -0.1) is 0 Å². The second-order valence-corrected chi connectivity index (χ2v) is 8.23. The third-order valence-electron chi connectivity index (χ3n) is 5.74. The average molecular weight is 448 g/mol. The van der Waals surface area contributed by atoms with Gasteiger partial charge in [0, 0.05) is 32.7 Å². The molecule has 1 saturated heterocycles. The van der Waals surface area contributed by atoms with E-state index in [-0.39, 0.29) is 11.8 Å². The Morgan fingerprint density at radius 2 is 1.41 bits per heavy atom. The van der Waals surface area contributed by atoms with Gasteiger partial charge in [0.1, 0.15) is 6.04 Å². The van der Waals surface area contributed by atoms with Gasteiger partial charge in [0.05, 0.1) is 10.6 Å². The maximum Gasteiger partial charge on any atom is 0.255 e. The summed E-state index contributed by atoms with van der Waals surface area (Å²) in [7, 11) is 0. The van der Waals surface area contributed by atoms with Gasteiger partial charge in [-0.25, -0.2) is 0 Å². The molecule has 4 rings (SSSR count). The quantitative estimate of drug-likeness (QED) is 0.617. The van der Waals surface area contributed by atoms with Crippen molar-refractivity contribution in [1.29, 1.82) is 0 Å². The van der Waals surface area contributed by atoms with Crippen molar-refractivity contribution in [3.05, 3.63) is 107 Å². The maximum absolute atomic E-state index is 13.2. The number of carbonyl (C=O) groups is 2. The van der Waals surface area contributed by atoms with Crippen LogP contribution in [-0.2, 0) is 11.3 Å². The number of piperazine rings is 1. The zero-order chi connectivity index (χ0) is 22.3. The first-order chi connectivity index (χ1) is 15.6. The van der Waals surface area contributed by atoms with E-state index in [1.165, 1.54) is 0 Å². The summed E-state index contributed by atoms with van der Waals surface area (Å²) in [6.45, 7) is 2.77. The Morgan fingerprint density at radius 1 is 0.812 bits per heavy atom. The van der Waals surface area contributed by atoms with Crippen LogP contribution in [0, 0.1) is 0 Å². The van der Waals surface area contributed by atoms with Crippen LogP contribution in [0.2, 0.25) is 5.02 Å². The Bertz CT molecular complexity index is 1050. The van der Waals surface area contributed by atoms with Crippen molar-refractivity contribution in [3.63, 3.8) is 0 Å². The fourth-order valence-electron chi connectivity index (χ4n) is 4.03. The van der Waals surface area contributed by atoms with E-state index in [1.54, 1.807) is 12.1 Å². The number of benzene rings is 3. The predicted octanol–water partition coefficient (Wildman–Crippen LogP) is 4.16. The van der Waals surface area contributed by atoms with E-state index in [2.05, 4.69) is 10.2 Å². The maximum atomic E-state index is 13.2. The molecule has 2 amide bonds. The molecular weight excluding hydrogens is 422 g/mol. The second kappa shape index (κ2) is 10.4. The van der Waals surface area contributed by atoms with E-state index in [9.17, 15) is 9.59 Å². The molecule has 0 aromatic heterocycles. The fourth-order valence-corrected chi connectivity index (χ4v) is 4.25. The molecule has 164 valence electrons. The van der Waals surface area contributed by atoms with Gasteiger partial charge in [-0.1, -0.05) is 84.4 Å². The van der Waals surface area contributed by atoms with Crippen molar-refractivity contribution >= 4 is 23.4 Å². The smallest absolute Gasteiger partial charge is 0.255 e. The van der Waals surface area contributed by atoms with E-state index in [0.29, 0.717) is 43.3 Å². The highest BCUT2D eigenvalue weighted by molar-refractivity contribution is 6.33. The first-order valence-electron chi connectivity index (χ1n) is 10.8. The molecule has 1 aliphatic heterocycles. The lowest BCUT2D eigenvalue weighted by Gasteiger charge is -2.39. The molecule has 1 atom stereocenters. The average Bonchev–Trinajstić information content (AvgIpc) is 2.84. The number of carbonyl (C=O) groups excluding carboxylic acids is 2. The van der Waals surface area contributed by atoms with Crippen LogP contribution >= 0.6 is 11.6 Å². The Balaban J connectivity index is 1.45.